The van der Waals surface area contributed by atoms with Gasteiger partial charge in [-0.3, -0.25) is 4.79 Å². The van der Waals surface area contributed by atoms with Gasteiger partial charge in [-0.15, -0.1) is 0 Å². The molecule has 1 aliphatic rings. The average molecular weight is 292 g/mol. The van der Waals surface area contributed by atoms with Crippen molar-refractivity contribution in [2.45, 2.75) is 52.1 Å². The Labute approximate surface area is 125 Å². The van der Waals surface area contributed by atoms with Crippen LogP contribution in [-0.2, 0) is 6.54 Å². The van der Waals surface area contributed by atoms with Gasteiger partial charge >= 0.3 is 5.97 Å². The second-order valence-electron chi connectivity index (χ2n) is 6.00. The first-order chi connectivity index (χ1) is 9.91. The fourth-order valence-electron chi connectivity index (χ4n) is 3.31. The summed E-state index contributed by atoms with van der Waals surface area (Å²) in [6.45, 7) is 4.70. The van der Waals surface area contributed by atoms with E-state index in [0.29, 0.717) is 23.8 Å². The van der Waals surface area contributed by atoms with Gasteiger partial charge in [-0.25, -0.2) is 4.79 Å². The third-order valence-corrected chi connectivity index (χ3v) is 4.61. The van der Waals surface area contributed by atoms with E-state index in [4.69, 9.17) is 0 Å². The Bertz CT molecular complexity index is 586. The number of rotatable bonds is 5. The summed E-state index contributed by atoms with van der Waals surface area (Å²) in [6.07, 6.45) is 5.00. The fraction of sp³-hybridized carbons (Fsp3) is 0.625. The largest absolute Gasteiger partial charge is 0.478 e. The Balaban J connectivity index is 2.18. The highest BCUT2D eigenvalue weighted by molar-refractivity contribution is 5.90. The predicted octanol–water partition coefficient (Wildman–Crippen LogP) is 2.04. The lowest BCUT2D eigenvalue weighted by Crippen LogP contribution is -2.35. The van der Waals surface area contributed by atoms with Crippen LogP contribution in [0.25, 0.3) is 0 Å². The maximum Gasteiger partial charge on any atom is 0.337 e. The van der Waals surface area contributed by atoms with Crippen LogP contribution >= 0.6 is 0 Å². The monoisotopic (exact) mass is 292 g/mol. The molecule has 1 heterocycles. The third-order valence-electron chi connectivity index (χ3n) is 4.61. The average Bonchev–Trinajstić information content (AvgIpc) is 2.90. The van der Waals surface area contributed by atoms with Crippen molar-refractivity contribution >= 4 is 5.97 Å². The van der Waals surface area contributed by atoms with Crippen LogP contribution in [-0.4, -0.2) is 40.2 Å². The second-order valence-corrected chi connectivity index (χ2v) is 6.00. The van der Waals surface area contributed by atoms with E-state index in [1.165, 1.54) is 31.7 Å². The van der Waals surface area contributed by atoms with E-state index in [1.54, 1.807) is 18.4 Å². The highest BCUT2D eigenvalue weighted by Crippen LogP contribution is 2.22. The van der Waals surface area contributed by atoms with Crippen molar-refractivity contribution in [3.63, 3.8) is 0 Å². The number of pyridine rings is 1. The number of likely N-dealkylation sites (N-methyl/N-ethyl adjacent to an activating group) is 1. The molecule has 0 aliphatic heterocycles. The van der Waals surface area contributed by atoms with Crippen molar-refractivity contribution in [1.82, 2.24) is 9.47 Å². The summed E-state index contributed by atoms with van der Waals surface area (Å²) < 4.78 is 1.59. The number of aromatic carboxylic acids is 1. The van der Waals surface area contributed by atoms with E-state index in [1.807, 2.05) is 0 Å². The molecule has 1 fully saturated rings. The van der Waals surface area contributed by atoms with Gasteiger partial charge in [-0.2, -0.15) is 0 Å². The van der Waals surface area contributed by atoms with Crippen LogP contribution in [0.4, 0.5) is 0 Å². The summed E-state index contributed by atoms with van der Waals surface area (Å²) in [4.78, 5) is 25.7. The Morgan fingerprint density at radius 2 is 2.00 bits per heavy atom. The summed E-state index contributed by atoms with van der Waals surface area (Å²) in [6, 6.07) is 2.02. The van der Waals surface area contributed by atoms with Gasteiger partial charge in [0.15, 0.2) is 0 Å². The maximum atomic E-state index is 12.1. The summed E-state index contributed by atoms with van der Waals surface area (Å²) in [5.74, 6) is -0.970. The molecule has 0 radical (unpaired) electrons. The van der Waals surface area contributed by atoms with Crippen LogP contribution in [0.5, 0.6) is 0 Å². The van der Waals surface area contributed by atoms with Crippen LogP contribution in [0.2, 0.25) is 0 Å². The molecule has 21 heavy (non-hydrogen) atoms. The normalized spacial score (nSPS) is 15.8. The number of aromatic nitrogens is 1. The number of carboxylic acids is 1. The summed E-state index contributed by atoms with van der Waals surface area (Å²) in [5.41, 5.74) is 1.21. The molecule has 0 unspecified atom stereocenters. The molecule has 1 aromatic rings. The minimum absolute atomic E-state index is 0.116. The van der Waals surface area contributed by atoms with Gasteiger partial charge < -0.3 is 14.6 Å². The molecular formula is C16H24N2O3. The van der Waals surface area contributed by atoms with Crippen LogP contribution in [0.3, 0.4) is 0 Å². The fourth-order valence-corrected chi connectivity index (χ4v) is 3.31. The van der Waals surface area contributed by atoms with Gasteiger partial charge in [0.1, 0.15) is 0 Å². The zero-order chi connectivity index (χ0) is 15.6. The minimum Gasteiger partial charge on any atom is -0.478 e. The van der Waals surface area contributed by atoms with Gasteiger partial charge in [0.2, 0.25) is 0 Å². The van der Waals surface area contributed by atoms with Crippen LogP contribution < -0.4 is 5.56 Å². The molecule has 1 N–H and O–H groups in total. The molecule has 2 rings (SSSR count). The molecule has 0 bridgehead atoms. The molecule has 0 amide bonds. The van der Waals surface area contributed by atoms with Crippen molar-refractivity contribution in [3.8, 4) is 0 Å². The summed E-state index contributed by atoms with van der Waals surface area (Å²) >= 11 is 0. The zero-order valence-corrected chi connectivity index (χ0v) is 13.1. The van der Waals surface area contributed by atoms with Crippen molar-refractivity contribution < 1.29 is 9.90 Å². The quantitative estimate of drug-likeness (QED) is 0.902. The number of carboxylic acid groups (broad SMARTS) is 1. The SMILES string of the molecule is Cc1cc(=O)n(CCN(C)C2CCCC2)c(C)c1C(=O)O. The lowest BCUT2D eigenvalue weighted by Gasteiger charge is -2.25. The minimum atomic E-state index is -0.970. The lowest BCUT2D eigenvalue weighted by atomic mass is 10.1. The molecule has 1 aromatic heterocycles. The highest BCUT2D eigenvalue weighted by Gasteiger charge is 2.20. The molecule has 0 saturated heterocycles. The molecule has 0 aromatic carbocycles. The number of hydrogen-bond acceptors (Lipinski definition) is 3. The number of nitrogens with zero attached hydrogens (tertiary/aromatic N) is 2. The Kier molecular flexibility index (Phi) is 4.83. The van der Waals surface area contributed by atoms with Crippen LogP contribution in [0, 0.1) is 13.8 Å². The van der Waals surface area contributed by atoms with Crippen LogP contribution in [0.15, 0.2) is 10.9 Å². The molecule has 0 spiro atoms. The van der Waals surface area contributed by atoms with Gasteiger partial charge in [0.25, 0.3) is 5.56 Å². The first kappa shape index (κ1) is 15.8. The first-order valence-corrected chi connectivity index (χ1v) is 7.56. The Hall–Kier alpha value is -1.62. The van der Waals surface area contributed by atoms with Gasteiger partial charge in [-0.05, 0) is 39.3 Å². The molecule has 0 atom stereocenters. The van der Waals surface area contributed by atoms with Gasteiger partial charge in [0, 0.05) is 30.9 Å². The highest BCUT2D eigenvalue weighted by atomic mass is 16.4. The Morgan fingerprint density at radius 1 is 1.38 bits per heavy atom. The topological polar surface area (TPSA) is 62.5 Å². The molecule has 116 valence electrons. The zero-order valence-electron chi connectivity index (χ0n) is 13.1. The second kappa shape index (κ2) is 6.43. The summed E-state index contributed by atoms with van der Waals surface area (Å²) in [5, 5.41) is 9.29. The molecule has 5 nitrogen and oxygen atoms in total. The van der Waals surface area contributed by atoms with E-state index in [0.717, 1.165) is 6.54 Å². The van der Waals surface area contributed by atoms with Crippen molar-refractivity contribution in [2.75, 3.05) is 13.6 Å². The van der Waals surface area contributed by atoms with Crippen LogP contribution in [0.1, 0.15) is 47.3 Å². The molecular weight excluding hydrogens is 268 g/mol. The van der Waals surface area contributed by atoms with Gasteiger partial charge in [-0.1, -0.05) is 12.8 Å². The van der Waals surface area contributed by atoms with E-state index < -0.39 is 5.97 Å². The molecule has 5 heteroatoms. The van der Waals surface area contributed by atoms with E-state index >= 15 is 0 Å². The summed E-state index contributed by atoms with van der Waals surface area (Å²) in [7, 11) is 2.09. The van der Waals surface area contributed by atoms with Gasteiger partial charge in [0.05, 0.1) is 5.56 Å². The standard InChI is InChI=1S/C16H24N2O3/c1-11-10-14(19)18(12(2)15(11)16(20)21)9-8-17(3)13-6-4-5-7-13/h10,13H,4-9H2,1-3H3,(H,20,21). The molecule has 1 saturated carbocycles. The lowest BCUT2D eigenvalue weighted by molar-refractivity contribution is 0.0694. The molecule has 1 aliphatic carbocycles. The van der Waals surface area contributed by atoms with Crippen molar-refractivity contribution in [1.29, 1.82) is 0 Å². The predicted molar refractivity (Wildman–Crippen MR) is 82.0 cm³/mol. The maximum absolute atomic E-state index is 12.1. The Morgan fingerprint density at radius 3 is 2.57 bits per heavy atom. The number of aryl methyl sites for hydroxylation is 1. The van der Waals surface area contributed by atoms with Crippen molar-refractivity contribution in [3.05, 3.63) is 33.2 Å². The number of carbonyl (C=O) groups is 1. The smallest absolute Gasteiger partial charge is 0.337 e. The van der Waals surface area contributed by atoms with E-state index in [-0.39, 0.29) is 11.1 Å². The van der Waals surface area contributed by atoms with E-state index in [9.17, 15) is 14.7 Å². The first-order valence-electron chi connectivity index (χ1n) is 7.56. The number of hydrogen-bond donors (Lipinski definition) is 1. The van der Waals surface area contributed by atoms with E-state index in [2.05, 4.69) is 11.9 Å². The third kappa shape index (κ3) is 3.35. The van der Waals surface area contributed by atoms with Crippen molar-refractivity contribution in [2.24, 2.45) is 0 Å².